The molecule has 50 valence electrons. The molecule has 0 saturated carbocycles. The molecule has 0 spiro atoms. The van der Waals surface area contributed by atoms with E-state index < -0.39 is 0 Å². The summed E-state index contributed by atoms with van der Waals surface area (Å²) in [5, 5.41) is 17.1. The lowest BCUT2D eigenvalue weighted by Gasteiger charge is -2.14. The van der Waals surface area contributed by atoms with E-state index in [1.165, 1.54) is 0 Å². The Morgan fingerprint density at radius 1 is 1.00 bits per heavy atom. The van der Waals surface area contributed by atoms with Crippen LogP contribution in [0.25, 0.3) is 0 Å². The minimum Gasteiger partial charge on any atom is -0.198 e. The fraction of sp³-hybridized carbons (Fsp3) is 0.500. The van der Waals surface area contributed by atoms with Gasteiger partial charge in [0.05, 0.1) is 24.0 Å². The molecule has 2 unspecified atom stereocenters. The highest BCUT2D eigenvalue weighted by molar-refractivity contribution is 5.08. The summed E-state index contributed by atoms with van der Waals surface area (Å²) >= 11 is 0. The highest BCUT2D eigenvalue weighted by Gasteiger charge is 2.20. The summed E-state index contributed by atoms with van der Waals surface area (Å²) in [5.41, 5.74) is 0. The van der Waals surface area contributed by atoms with E-state index in [1.54, 1.807) is 0 Å². The standard InChI is InChI=1S/C8H8N2/c9-5-7-3-1-2-4-8(7)6-10/h1-2,7-8H,3-4H2. The normalized spacial score (nSPS) is 30.6. The zero-order valence-corrected chi connectivity index (χ0v) is 5.62. The molecule has 0 aliphatic heterocycles. The lowest BCUT2D eigenvalue weighted by molar-refractivity contribution is 0.485. The predicted octanol–water partition coefficient (Wildman–Crippen LogP) is 1.62. The molecule has 0 amide bonds. The van der Waals surface area contributed by atoms with Crippen LogP contribution in [0.4, 0.5) is 0 Å². The number of hydrogen-bond acceptors (Lipinski definition) is 2. The van der Waals surface area contributed by atoms with Gasteiger partial charge < -0.3 is 0 Å². The molecular formula is C8H8N2. The van der Waals surface area contributed by atoms with Crippen molar-refractivity contribution in [2.75, 3.05) is 0 Å². The maximum atomic E-state index is 8.56. The van der Waals surface area contributed by atoms with Gasteiger partial charge in [-0.1, -0.05) is 12.2 Å². The van der Waals surface area contributed by atoms with Gasteiger partial charge in [-0.3, -0.25) is 0 Å². The number of nitriles is 2. The van der Waals surface area contributed by atoms with Gasteiger partial charge in [0, 0.05) is 0 Å². The molecule has 0 saturated heterocycles. The lowest BCUT2D eigenvalue weighted by atomic mass is 9.85. The molecule has 0 fully saturated rings. The van der Waals surface area contributed by atoms with Crippen molar-refractivity contribution in [2.24, 2.45) is 11.8 Å². The second-order valence-electron chi connectivity index (χ2n) is 2.41. The van der Waals surface area contributed by atoms with E-state index in [0.717, 1.165) is 12.8 Å². The van der Waals surface area contributed by atoms with Gasteiger partial charge in [-0.05, 0) is 12.8 Å². The molecule has 1 rings (SSSR count). The van der Waals surface area contributed by atoms with E-state index in [-0.39, 0.29) is 11.8 Å². The van der Waals surface area contributed by atoms with Crippen LogP contribution in [0, 0.1) is 34.5 Å². The van der Waals surface area contributed by atoms with Crippen LogP contribution in [-0.4, -0.2) is 0 Å². The van der Waals surface area contributed by atoms with Gasteiger partial charge in [-0.25, -0.2) is 0 Å². The van der Waals surface area contributed by atoms with Crippen LogP contribution in [0.15, 0.2) is 12.2 Å². The van der Waals surface area contributed by atoms with Gasteiger partial charge in [-0.2, -0.15) is 10.5 Å². The van der Waals surface area contributed by atoms with Crippen molar-refractivity contribution in [1.29, 1.82) is 10.5 Å². The first-order valence-corrected chi connectivity index (χ1v) is 3.32. The Kier molecular flexibility index (Phi) is 2.07. The average molecular weight is 132 g/mol. The Morgan fingerprint density at radius 3 is 1.70 bits per heavy atom. The maximum absolute atomic E-state index is 8.56. The summed E-state index contributed by atoms with van der Waals surface area (Å²) in [6.07, 6.45) is 5.44. The summed E-state index contributed by atoms with van der Waals surface area (Å²) in [4.78, 5) is 0. The number of hydrogen-bond donors (Lipinski definition) is 0. The molecule has 0 aromatic carbocycles. The molecular weight excluding hydrogens is 124 g/mol. The second-order valence-corrected chi connectivity index (χ2v) is 2.41. The van der Waals surface area contributed by atoms with Crippen LogP contribution in [0.5, 0.6) is 0 Å². The quantitative estimate of drug-likeness (QED) is 0.470. The average Bonchev–Trinajstić information content (AvgIpc) is 2.04. The number of nitrogens with zero attached hydrogens (tertiary/aromatic N) is 2. The van der Waals surface area contributed by atoms with E-state index in [9.17, 15) is 0 Å². The molecule has 0 N–H and O–H groups in total. The van der Waals surface area contributed by atoms with E-state index in [1.807, 2.05) is 12.2 Å². The van der Waals surface area contributed by atoms with Crippen molar-refractivity contribution < 1.29 is 0 Å². The van der Waals surface area contributed by atoms with Gasteiger partial charge in [0.2, 0.25) is 0 Å². The Hall–Kier alpha value is -1.28. The van der Waals surface area contributed by atoms with Gasteiger partial charge in [0.25, 0.3) is 0 Å². The molecule has 0 heterocycles. The summed E-state index contributed by atoms with van der Waals surface area (Å²) in [6, 6.07) is 4.26. The summed E-state index contributed by atoms with van der Waals surface area (Å²) in [7, 11) is 0. The Balaban J connectivity index is 2.67. The molecule has 2 atom stereocenters. The van der Waals surface area contributed by atoms with Gasteiger partial charge in [-0.15, -0.1) is 0 Å². The van der Waals surface area contributed by atoms with Crippen molar-refractivity contribution in [2.45, 2.75) is 12.8 Å². The van der Waals surface area contributed by atoms with Crippen LogP contribution < -0.4 is 0 Å². The monoisotopic (exact) mass is 132 g/mol. The van der Waals surface area contributed by atoms with E-state index >= 15 is 0 Å². The topological polar surface area (TPSA) is 47.6 Å². The Morgan fingerprint density at radius 2 is 1.40 bits per heavy atom. The fourth-order valence-corrected chi connectivity index (χ4v) is 1.10. The van der Waals surface area contributed by atoms with E-state index in [0.29, 0.717) is 0 Å². The first kappa shape index (κ1) is 6.83. The third-order valence-electron chi connectivity index (χ3n) is 1.76. The Labute approximate surface area is 60.4 Å². The van der Waals surface area contributed by atoms with Crippen molar-refractivity contribution in [3.8, 4) is 12.1 Å². The zero-order chi connectivity index (χ0) is 7.40. The van der Waals surface area contributed by atoms with E-state index in [2.05, 4.69) is 12.1 Å². The van der Waals surface area contributed by atoms with Crippen LogP contribution >= 0.6 is 0 Å². The largest absolute Gasteiger partial charge is 0.198 e. The smallest absolute Gasteiger partial charge is 0.0672 e. The van der Waals surface area contributed by atoms with Gasteiger partial charge in [0.1, 0.15) is 0 Å². The van der Waals surface area contributed by atoms with Crippen LogP contribution in [0.3, 0.4) is 0 Å². The third-order valence-corrected chi connectivity index (χ3v) is 1.76. The van der Waals surface area contributed by atoms with Gasteiger partial charge >= 0.3 is 0 Å². The second kappa shape index (κ2) is 3.03. The summed E-state index contributed by atoms with van der Waals surface area (Å²) in [6.45, 7) is 0. The molecule has 1 aliphatic rings. The third kappa shape index (κ3) is 1.17. The predicted molar refractivity (Wildman–Crippen MR) is 36.6 cm³/mol. The molecule has 0 radical (unpaired) electrons. The molecule has 2 nitrogen and oxygen atoms in total. The van der Waals surface area contributed by atoms with Crippen molar-refractivity contribution in [3.05, 3.63) is 12.2 Å². The number of rotatable bonds is 0. The van der Waals surface area contributed by atoms with Gasteiger partial charge in [0.15, 0.2) is 0 Å². The SMILES string of the molecule is N#CC1CC=CCC1C#N. The fourth-order valence-electron chi connectivity index (χ4n) is 1.10. The molecule has 0 aromatic heterocycles. The molecule has 0 bridgehead atoms. The first-order valence-electron chi connectivity index (χ1n) is 3.32. The Bertz CT molecular complexity index is 192. The van der Waals surface area contributed by atoms with Crippen molar-refractivity contribution >= 4 is 0 Å². The zero-order valence-electron chi connectivity index (χ0n) is 5.62. The molecule has 1 aliphatic carbocycles. The first-order chi connectivity index (χ1) is 4.88. The van der Waals surface area contributed by atoms with Crippen molar-refractivity contribution in [1.82, 2.24) is 0 Å². The number of allylic oxidation sites excluding steroid dienone is 2. The highest BCUT2D eigenvalue weighted by Crippen LogP contribution is 2.23. The van der Waals surface area contributed by atoms with Crippen molar-refractivity contribution in [3.63, 3.8) is 0 Å². The molecule has 0 aromatic rings. The maximum Gasteiger partial charge on any atom is 0.0672 e. The van der Waals surface area contributed by atoms with E-state index in [4.69, 9.17) is 10.5 Å². The minimum atomic E-state index is -0.0741. The summed E-state index contributed by atoms with van der Waals surface area (Å²) < 4.78 is 0. The minimum absolute atomic E-state index is 0.0741. The van der Waals surface area contributed by atoms with Crippen LogP contribution in [-0.2, 0) is 0 Å². The lowest BCUT2D eigenvalue weighted by Crippen LogP contribution is -2.12. The molecule has 2 heteroatoms. The van der Waals surface area contributed by atoms with Crippen LogP contribution in [0.2, 0.25) is 0 Å². The van der Waals surface area contributed by atoms with Crippen LogP contribution in [0.1, 0.15) is 12.8 Å². The summed E-state index contributed by atoms with van der Waals surface area (Å²) in [5.74, 6) is -0.148. The molecule has 10 heavy (non-hydrogen) atoms. The highest BCUT2D eigenvalue weighted by atomic mass is 14.3.